The summed E-state index contributed by atoms with van der Waals surface area (Å²) in [6.07, 6.45) is 5.41. The van der Waals surface area contributed by atoms with Gasteiger partial charge in [0.15, 0.2) is 0 Å². The van der Waals surface area contributed by atoms with Crippen LogP contribution in [0.1, 0.15) is 23.3 Å². The molecule has 214 valence electrons. The number of amides is 1. The van der Waals surface area contributed by atoms with Gasteiger partial charge >= 0.3 is 0 Å². The lowest BCUT2D eigenvalue weighted by Gasteiger charge is -2.14. The summed E-state index contributed by atoms with van der Waals surface area (Å²) in [6, 6.07) is 17.4. The zero-order valence-corrected chi connectivity index (χ0v) is 23.7. The molecule has 0 aliphatic carbocycles. The molecule has 1 fully saturated rings. The maximum Gasteiger partial charge on any atom is 0.270 e. The number of aryl methyl sites for hydroxylation is 1. The Bertz CT molecular complexity index is 1750. The fourth-order valence-electron chi connectivity index (χ4n) is 5.04. The standard InChI is InChI=1S/C31H29ClFN7O2/c1-39-28-7-5-22(42-23-9-11-34-27(19-23)30(41)36-12-15-40-13-2-3-14-40)18-26(28)38-31(39)37-21-4-6-25(32)24(17-21)20-8-10-35-29(33)16-20/h4-11,16-19H,2-3,12-15H2,1H3,(H,36,41)(H,37,38). The van der Waals surface area contributed by atoms with E-state index in [1.165, 1.54) is 25.1 Å². The molecule has 9 nitrogen and oxygen atoms in total. The maximum atomic E-state index is 13.7. The van der Waals surface area contributed by atoms with Gasteiger partial charge in [-0.2, -0.15) is 4.39 Å². The summed E-state index contributed by atoms with van der Waals surface area (Å²) >= 11 is 6.41. The summed E-state index contributed by atoms with van der Waals surface area (Å²) in [5.74, 6) is 0.884. The molecule has 11 heteroatoms. The van der Waals surface area contributed by atoms with Gasteiger partial charge in [-0.05, 0) is 74.0 Å². The highest BCUT2D eigenvalue weighted by Gasteiger charge is 2.15. The number of fused-ring (bicyclic) bond motifs is 1. The number of aromatic nitrogens is 4. The lowest BCUT2D eigenvalue weighted by atomic mass is 10.1. The topological polar surface area (TPSA) is 97.2 Å². The van der Waals surface area contributed by atoms with Crippen molar-refractivity contribution in [3.05, 3.63) is 89.7 Å². The predicted molar refractivity (Wildman–Crippen MR) is 161 cm³/mol. The maximum absolute atomic E-state index is 13.7. The number of benzene rings is 2. The van der Waals surface area contributed by atoms with Gasteiger partial charge < -0.3 is 24.8 Å². The van der Waals surface area contributed by atoms with Crippen LogP contribution < -0.4 is 15.4 Å². The summed E-state index contributed by atoms with van der Waals surface area (Å²) in [6.45, 7) is 3.60. The number of nitrogens with zero attached hydrogens (tertiary/aromatic N) is 5. The van der Waals surface area contributed by atoms with Crippen molar-refractivity contribution >= 4 is 40.2 Å². The number of ether oxygens (including phenoxy) is 1. The van der Waals surface area contributed by atoms with Crippen LogP contribution in [0.15, 0.2) is 73.1 Å². The highest BCUT2D eigenvalue weighted by Crippen LogP contribution is 2.33. The fourth-order valence-corrected chi connectivity index (χ4v) is 5.26. The highest BCUT2D eigenvalue weighted by atomic mass is 35.5. The Morgan fingerprint density at radius 2 is 1.81 bits per heavy atom. The number of anilines is 2. The number of nitrogens with one attached hydrogen (secondary N) is 2. The first-order valence-corrected chi connectivity index (χ1v) is 14.1. The van der Waals surface area contributed by atoms with Crippen LogP contribution in [0.2, 0.25) is 5.02 Å². The molecule has 0 atom stereocenters. The SMILES string of the molecule is Cn1c(Nc2ccc(Cl)c(-c3ccnc(F)c3)c2)nc2cc(Oc3ccnc(C(=O)NCCN4CCCC4)c3)ccc21. The fraction of sp³-hybridized carbons (Fsp3) is 0.226. The first-order valence-electron chi connectivity index (χ1n) is 13.7. The molecule has 0 spiro atoms. The van der Waals surface area contributed by atoms with E-state index in [0.717, 1.165) is 36.4 Å². The second-order valence-corrected chi connectivity index (χ2v) is 10.5. The molecular formula is C31H29ClFN7O2. The van der Waals surface area contributed by atoms with Crippen molar-refractivity contribution < 1.29 is 13.9 Å². The van der Waals surface area contributed by atoms with Crippen LogP contribution in [0, 0.1) is 5.95 Å². The number of rotatable bonds is 9. The van der Waals surface area contributed by atoms with E-state index >= 15 is 0 Å². The van der Waals surface area contributed by atoms with Crippen LogP contribution in [0.25, 0.3) is 22.2 Å². The minimum atomic E-state index is -0.575. The van der Waals surface area contributed by atoms with Gasteiger partial charge in [0.2, 0.25) is 11.9 Å². The average Bonchev–Trinajstić information content (AvgIpc) is 3.61. The largest absolute Gasteiger partial charge is 0.457 e. The quantitative estimate of drug-likeness (QED) is 0.199. The molecule has 5 aromatic rings. The minimum Gasteiger partial charge on any atom is -0.457 e. The molecule has 42 heavy (non-hydrogen) atoms. The molecule has 6 rings (SSSR count). The lowest BCUT2D eigenvalue weighted by Crippen LogP contribution is -2.33. The molecule has 1 aliphatic heterocycles. The third-order valence-corrected chi connectivity index (χ3v) is 7.55. The smallest absolute Gasteiger partial charge is 0.270 e. The van der Waals surface area contributed by atoms with E-state index < -0.39 is 5.95 Å². The van der Waals surface area contributed by atoms with Crippen molar-refractivity contribution in [2.75, 3.05) is 31.5 Å². The number of hydrogen-bond acceptors (Lipinski definition) is 7. The summed E-state index contributed by atoms with van der Waals surface area (Å²) in [5, 5.41) is 6.76. The number of hydrogen-bond donors (Lipinski definition) is 2. The molecule has 1 aliphatic rings. The Balaban J connectivity index is 1.15. The van der Waals surface area contributed by atoms with E-state index in [9.17, 15) is 9.18 Å². The molecular weight excluding hydrogens is 557 g/mol. The Labute approximate surface area is 247 Å². The number of carbonyl (C=O) groups is 1. The Morgan fingerprint density at radius 1 is 1.00 bits per heavy atom. The molecule has 2 aromatic carbocycles. The van der Waals surface area contributed by atoms with Crippen molar-refractivity contribution in [1.82, 2.24) is 29.7 Å². The molecule has 0 saturated carbocycles. The third kappa shape index (κ3) is 6.19. The van der Waals surface area contributed by atoms with Crippen LogP contribution in [0.4, 0.5) is 16.0 Å². The second kappa shape index (κ2) is 12.1. The van der Waals surface area contributed by atoms with Crippen molar-refractivity contribution in [3.8, 4) is 22.6 Å². The summed E-state index contributed by atoms with van der Waals surface area (Å²) in [4.78, 5) is 27.6. The molecule has 2 N–H and O–H groups in total. The van der Waals surface area contributed by atoms with E-state index in [0.29, 0.717) is 45.8 Å². The van der Waals surface area contributed by atoms with Crippen LogP contribution in [-0.4, -0.2) is 56.5 Å². The predicted octanol–water partition coefficient (Wildman–Crippen LogP) is 6.18. The number of likely N-dealkylation sites (tertiary alicyclic amines) is 1. The third-order valence-electron chi connectivity index (χ3n) is 7.22. The van der Waals surface area contributed by atoms with Gasteiger partial charge in [-0.15, -0.1) is 0 Å². The molecule has 1 saturated heterocycles. The van der Waals surface area contributed by atoms with Crippen LogP contribution in [0.3, 0.4) is 0 Å². The number of halogens is 2. The van der Waals surface area contributed by atoms with Gasteiger partial charge in [0.25, 0.3) is 5.91 Å². The van der Waals surface area contributed by atoms with E-state index in [4.69, 9.17) is 21.3 Å². The highest BCUT2D eigenvalue weighted by molar-refractivity contribution is 6.33. The van der Waals surface area contributed by atoms with Crippen molar-refractivity contribution in [1.29, 1.82) is 0 Å². The minimum absolute atomic E-state index is 0.227. The molecule has 1 amide bonds. The molecule has 0 radical (unpaired) electrons. The Morgan fingerprint density at radius 3 is 2.64 bits per heavy atom. The first-order chi connectivity index (χ1) is 20.4. The van der Waals surface area contributed by atoms with E-state index in [1.807, 2.05) is 41.9 Å². The van der Waals surface area contributed by atoms with Crippen molar-refractivity contribution in [2.45, 2.75) is 12.8 Å². The second-order valence-electron chi connectivity index (χ2n) is 10.1. The molecule has 4 heterocycles. The molecule has 0 unspecified atom stereocenters. The van der Waals surface area contributed by atoms with Gasteiger partial charge in [-0.1, -0.05) is 11.6 Å². The zero-order chi connectivity index (χ0) is 29.1. The number of imidazole rings is 1. The summed E-state index contributed by atoms with van der Waals surface area (Å²) in [7, 11) is 1.91. The molecule has 3 aromatic heterocycles. The van der Waals surface area contributed by atoms with Gasteiger partial charge in [0, 0.05) is 67.0 Å². The van der Waals surface area contributed by atoms with Gasteiger partial charge in [-0.3, -0.25) is 9.78 Å². The normalized spacial score (nSPS) is 13.4. The molecule has 0 bridgehead atoms. The number of carbonyl (C=O) groups excluding carboxylic acids is 1. The van der Waals surface area contributed by atoms with Crippen molar-refractivity contribution in [3.63, 3.8) is 0 Å². The first kappa shape index (κ1) is 27.6. The lowest BCUT2D eigenvalue weighted by molar-refractivity contribution is 0.0944. The van der Waals surface area contributed by atoms with Gasteiger partial charge in [-0.25, -0.2) is 9.97 Å². The van der Waals surface area contributed by atoms with E-state index in [-0.39, 0.29) is 5.91 Å². The Kier molecular flexibility index (Phi) is 7.98. The average molecular weight is 586 g/mol. The van der Waals surface area contributed by atoms with E-state index in [2.05, 4.69) is 25.5 Å². The summed E-state index contributed by atoms with van der Waals surface area (Å²) in [5.41, 5.74) is 3.96. The summed E-state index contributed by atoms with van der Waals surface area (Å²) < 4.78 is 21.7. The van der Waals surface area contributed by atoms with Crippen molar-refractivity contribution in [2.24, 2.45) is 7.05 Å². The van der Waals surface area contributed by atoms with Crippen LogP contribution in [-0.2, 0) is 7.05 Å². The monoisotopic (exact) mass is 585 g/mol. The Hall–Kier alpha value is -4.54. The zero-order valence-electron chi connectivity index (χ0n) is 23.0. The van der Waals surface area contributed by atoms with Crippen LogP contribution in [0.5, 0.6) is 11.5 Å². The van der Waals surface area contributed by atoms with Gasteiger partial charge in [0.05, 0.1) is 11.0 Å². The number of pyridine rings is 2. The van der Waals surface area contributed by atoms with Crippen LogP contribution >= 0.6 is 11.6 Å². The van der Waals surface area contributed by atoms with Gasteiger partial charge in [0.1, 0.15) is 17.2 Å². The van der Waals surface area contributed by atoms with E-state index in [1.54, 1.807) is 30.5 Å².